The monoisotopic (exact) mass is 393 g/mol. The van der Waals surface area contributed by atoms with E-state index in [0.717, 1.165) is 0 Å². The molecule has 0 radical (unpaired) electrons. The van der Waals surface area contributed by atoms with Gasteiger partial charge in [-0.15, -0.1) is 0 Å². The van der Waals surface area contributed by atoms with E-state index in [9.17, 15) is 9.59 Å². The van der Waals surface area contributed by atoms with E-state index in [2.05, 4.69) is 10.6 Å². The van der Waals surface area contributed by atoms with Gasteiger partial charge in [-0.1, -0.05) is 24.3 Å². The molecule has 0 aromatic carbocycles. The number of carbonyl (C=O) groups excluding carboxylic acids is 2. The van der Waals surface area contributed by atoms with Crippen LogP contribution in [0.15, 0.2) is 72.2 Å². The number of allylic oxidation sites excluding steroid dienone is 10. The predicted molar refractivity (Wildman–Crippen MR) is 98.9 cm³/mol. The number of carbonyl (C=O) groups is 2. The second kappa shape index (κ2) is 9.35. The molecule has 5 nitrogen and oxygen atoms in total. The van der Waals surface area contributed by atoms with Gasteiger partial charge in [0.2, 0.25) is 0 Å². The van der Waals surface area contributed by atoms with Gasteiger partial charge in [-0.2, -0.15) is 0 Å². The third kappa shape index (κ3) is 5.57. The van der Waals surface area contributed by atoms with Gasteiger partial charge in [-0.3, -0.25) is 9.59 Å². The Hall–Kier alpha value is -2.39. The van der Waals surface area contributed by atoms with Crippen LogP contribution in [-0.4, -0.2) is 22.6 Å². The maximum absolute atomic E-state index is 11.8. The molecular formula is C20H24MnN3O2. The molecule has 0 fully saturated rings. The fourth-order valence-electron chi connectivity index (χ4n) is 2.08. The molecule has 2 rings (SSSR count). The van der Waals surface area contributed by atoms with E-state index in [1.807, 2.05) is 55.5 Å². The third-order valence-corrected chi connectivity index (χ3v) is 4.58. The molecule has 138 valence electrons. The fraction of sp³-hybridized carbons (Fsp3) is 0.300. The standard InChI is InChI=1S/C20H24N2O2.Mn.N/c1-19(2,21-13-15-9-5-7-11-17(15)23)20(3,4)22-14-16-10-6-8-12-18(16)24;;/h5-14,21-22H,1-4H3;;/b15-13-,16-14-;;. The zero-order valence-electron chi connectivity index (χ0n) is 15.4. The van der Waals surface area contributed by atoms with E-state index < -0.39 is 0 Å². The van der Waals surface area contributed by atoms with Gasteiger partial charge in [0.25, 0.3) is 0 Å². The number of nitrogens with zero attached hydrogens (tertiary/aromatic N) is 1. The second-order valence-corrected chi connectivity index (χ2v) is 6.90. The molecule has 0 atom stereocenters. The first kappa shape index (κ1) is 21.7. The first-order chi connectivity index (χ1) is 12.2. The third-order valence-electron chi connectivity index (χ3n) is 4.58. The Labute approximate surface area is 162 Å². The van der Waals surface area contributed by atoms with Gasteiger partial charge < -0.3 is 10.6 Å². The Morgan fingerprint density at radius 2 is 1.04 bits per heavy atom. The van der Waals surface area contributed by atoms with E-state index in [0.29, 0.717) is 11.1 Å². The predicted octanol–water partition coefficient (Wildman–Crippen LogP) is 2.89. The maximum atomic E-state index is 11.8. The SMILES string of the molecule is CC(C)(N/C=C1/C=CC=CC1=O)C(C)(C)N/C=C1/C=CC=CC1=O.[N]#[Mn]. The van der Waals surface area contributed by atoms with Crippen LogP contribution < -0.4 is 10.6 Å². The summed E-state index contributed by atoms with van der Waals surface area (Å²) in [5, 5.41) is 6.64. The van der Waals surface area contributed by atoms with Crippen molar-refractivity contribution in [2.75, 3.05) is 0 Å². The summed E-state index contributed by atoms with van der Waals surface area (Å²) in [6.45, 7) is 8.17. The van der Waals surface area contributed by atoms with Crippen molar-refractivity contribution in [3.8, 4) is 0 Å². The summed E-state index contributed by atoms with van der Waals surface area (Å²) in [4.78, 5) is 23.6. The van der Waals surface area contributed by atoms with Crippen molar-refractivity contribution in [2.45, 2.75) is 38.8 Å². The molecule has 0 amide bonds. The van der Waals surface area contributed by atoms with E-state index in [4.69, 9.17) is 4.20 Å². The molecule has 0 aliphatic heterocycles. The van der Waals surface area contributed by atoms with Gasteiger partial charge in [0.15, 0.2) is 11.6 Å². The van der Waals surface area contributed by atoms with Crippen LogP contribution in [0.1, 0.15) is 27.7 Å². The van der Waals surface area contributed by atoms with E-state index in [-0.39, 0.29) is 22.6 Å². The van der Waals surface area contributed by atoms with Crippen LogP contribution in [0, 0.1) is 4.20 Å². The van der Waals surface area contributed by atoms with Crippen LogP contribution in [0.5, 0.6) is 0 Å². The van der Waals surface area contributed by atoms with Gasteiger partial charge in [-0.05, 0) is 52.0 Å². The zero-order chi connectivity index (χ0) is 19.8. The van der Waals surface area contributed by atoms with Crippen LogP contribution in [0.2, 0.25) is 0 Å². The summed E-state index contributed by atoms with van der Waals surface area (Å²) in [7, 11) is 0. The second-order valence-electron chi connectivity index (χ2n) is 6.90. The molecule has 0 saturated carbocycles. The Kier molecular flexibility index (Phi) is 7.78. The molecule has 0 aromatic rings. The summed E-state index contributed by atoms with van der Waals surface area (Å²) >= 11 is 1.94. The Morgan fingerprint density at radius 3 is 1.35 bits per heavy atom. The van der Waals surface area contributed by atoms with Gasteiger partial charge in [0, 0.05) is 23.5 Å². The Bertz CT molecular complexity index is 701. The van der Waals surface area contributed by atoms with Crippen LogP contribution in [0.4, 0.5) is 0 Å². The molecule has 0 bridgehead atoms. The van der Waals surface area contributed by atoms with Crippen molar-refractivity contribution in [1.29, 1.82) is 4.20 Å². The van der Waals surface area contributed by atoms with E-state index in [1.165, 1.54) is 0 Å². The minimum absolute atomic E-state index is 0.0154. The normalized spacial score (nSPS) is 19.5. The molecule has 0 unspecified atom stereocenters. The molecule has 0 aromatic heterocycles. The van der Waals surface area contributed by atoms with Gasteiger partial charge in [0.05, 0.1) is 11.1 Å². The summed E-state index contributed by atoms with van der Waals surface area (Å²) in [6, 6.07) is 0. The Balaban J connectivity index is 0.00000163. The van der Waals surface area contributed by atoms with Gasteiger partial charge in [-0.25, -0.2) is 0 Å². The first-order valence-corrected chi connectivity index (χ1v) is 8.66. The topological polar surface area (TPSA) is 82.0 Å². The van der Waals surface area contributed by atoms with Gasteiger partial charge in [0.1, 0.15) is 0 Å². The molecule has 0 heterocycles. The van der Waals surface area contributed by atoms with Crippen molar-refractivity contribution in [2.24, 2.45) is 0 Å². The van der Waals surface area contributed by atoms with Crippen LogP contribution in [-0.2, 0) is 25.2 Å². The van der Waals surface area contributed by atoms with E-state index in [1.54, 1.807) is 48.9 Å². The van der Waals surface area contributed by atoms with Crippen molar-refractivity contribution in [3.05, 3.63) is 72.2 Å². The van der Waals surface area contributed by atoms with E-state index >= 15 is 0 Å². The number of nitrogens with one attached hydrogen (secondary N) is 2. The number of hydrogen-bond acceptors (Lipinski definition) is 5. The van der Waals surface area contributed by atoms with Crippen molar-refractivity contribution in [1.82, 2.24) is 10.6 Å². The molecule has 2 aliphatic rings. The fourth-order valence-corrected chi connectivity index (χ4v) is 2.08. The Morgan fingerprint density at radius 1 is 0.731 bits per heavy atom. The molecule has 6 heteroatoms. The minimum atomic E-state index is -0.371. The molecule has 2 aliphatic carbocycles. The quantitative estimate of drug-likeness (QED) is 0.555. The molecule has 26 heavy (non-hydrogen) atoms. The molecule has 2 N–H and O–H groups in total. The van der Waals surface area contributed by atoms with Crippen molar-refractivity contribution in [3.63, 3.8) is 0 Å². The van der Waals surface area contributed by atoms with Crippen molar-refractivity contribution < 1.29 is 25.2 Å². The first-order valence-electron chi connectivity index (χ1n) is 8.14. The molecular weight excluding hydrogens is 369 g/mol. The summed E-state index contributed by atoms with van der Waals surface area (Å²) < 4.78 is 6.81. The molecule has 0 spiro atoms. The van der Waals surface area contributed by atoms with Crippen molar-refractivity contribution >= 4 is 11.6 Å². The van der Waals surface area contributed by atoms with Crippen LogP contribution >= 0.6 is 0 Å². The average molecular weight is 393 g/mol. The van der Waals surface area contributed by atoms with Crippen LogP contribution in [0.25, 0.3) is 0 Å². The summed E-state index contributed by atoms with van der Waals surface area (Å²) in [6.07, 6.45) is 17.3. The van der Waals surface area contributed by atoms with Gasteiger partial charge >= 0.3 is 19.8 Å². The summed E-state index contributed by atoms with van der Waals surface area (Å²) in [5.74, 6) is -0.0307. The van der Waals surface area contributed by atoms with Crippen LogP contribution in [0.3, 0.4) is 0 Å². The molecule has 0 saturated heterocycles. The number of ketones is 2. The summed E-state index contributed by atoms with van der Waals surface area (Å²) in [5.41, 5.74) is 0.498. The number of hydrogen-bond donors (Lipinski definition) is 2. The number of rotatable bonds is 5. The zero-order valence-corrected chi connectivity index (χ0v) is 16.6. The average Bonchev–Trinajstić information content (AvgIpc) is 2.62.